The Balaban J connectivity index is 0.000000463. The van der Waals surface area contributed by atoms with Crippen LogP contribution in [-0.4, -0.2) is 43.6 Å². The van der Waals surface area contributed by atoms with Crippen LogP contribution < -0.4 is 4.74 Å². The Morgan fingerprint density at radius 2 is 1.52 bits per heavy atom. The molecule has 5 nitrogen and oxygen atoms in total. The second-order valence-electron chi connectivity index (χ2n) is 7.46. The lowest BCUT2D eigenvalue weighted by atomic mass is 10.2. The van der Waals surface area contributed by atoms with E-state index in [1.807, 2.05) is 0 Å². The van der Waals surface area contributed by atoms with Crippen molar-refractivity contribution >= 4 is 31.9 Å². The van der Waals surface area contributed by atoms with Gasteiger partial charge in [0.1, 0.15) is 12.4 Å². The highest BCUT2D eigenvalue weighted by Gasteiger charge is 2.24. The number of aromatic carboxylic acids is 1. The number of ether oxygens (including phenoxy) is 1. The number of carboxylic acids is 1. The lowest BCUT2D eigenvalue weighted by molar-refractivity contribution is 0.0697. The van der Waals surface area contributed by atoms with Gasteiger partial charge in [-0.25, -0.2) is 4.79 Å². The van der Waals surface area contributed by atoms with Crippen LogP contribution in [-0.2, 0) is 8.23 Å². The molecule has 0 saturated carbocycles. The van der Waals surface area contributed by atoms with Gasteiger partial charge in [-0.15, -0.1) is 0 Å². The van der Waals surface area contributed by atoms with Gasteiger partial charge in [-0.1, -0.05) is 12.7 Å². The number of hydrogen-bond acceptors (Lipinski definition) is 4. The van der Waals surface area contributed by atoms with Crippen LogP contribution in [0.5, 0.6) is 5.75 Å². The van der Waals surface area contributed by atoms with E-state index in [0.717, 1.165) is 0 Å². The van der Waals surface area contributed by atoms with E-state index < -0.39 is 31.9 Å². The van der Waals surface area contributed by atoms with Crippen LogP contribution in [0.25, 0.3) is 0 Å². The van der Waals surface area contributed by atoms with Gasteiger partial charge in [-0.2, -0.15) is 0 Å². The molecule has 1 rings (SSSR count). The number of carboxylic acid groups (broad SMARTS) is 1. The first-order chi connectivity index (χ1) is 11.3. The third-order valence-electron chi connectivity index (χ3n) is 2.51. The first-order valence-corrected chi connectivity index (χ1v) is 17.2. The maximum absolute atomic E-state index is 10.5. The molecule has 0 radical (unpaired) electrons. The average Bonchev–Trinajstić information content (AvgIpc) is 2.42. The van der Waals surface area contributed by atoms with E-state index in [2.05, 4.69) is 52.4 Å². The maximum atomic E-state index is 10.5. The van der Waals surface area contributed by atoms with E-state index >= 15 is 0 Å². The Hall–Kier alpha value is -1.20. The van der Waals surface area contributed by atoms with Gasteiger partial charge < -0.3 is 18.1 Å². The molecular formula is C17H32O5Si3. The van der Waals surface area contributed by atoms with Gasteiger partial charge in [0.05, 0.1) is 5.56 Å². The van der Waals surface area contributed by atoms with Gasteiger partial charge in [0.2, 0.25) is 0 Å². The monoisotopic (exact) mass is 400 g/mol. The molecule has 0 saturated heterocycles. The van der Waals surface area contributed by atoms with Gasteiger partial charge in [0.25, 0.3) is 9.28 Å². The second-order valence-corrected chi connectivity index (χ2v) is 18.9. The normalized spacial score (nSPS) is 11.5. The summed E-state index contributed by atoms with van der Waals surface area (Å²) in [6.07, 6.45) is 1.63. The van der Waals surface area contributed by atoms with Crippen molar-refractivity contribution in [2.24, 2.45) is 0 Å². The third-order valence-corrected chi connectivity index (χ3v) is 10.8. The summed E-state index contributed by atoms with van der Waals surface area (Å²) in [6.45, 7) is 19.3. The summed E-state index contributed by atoms with van der Waals surface area (Å²) in [5.74, 6) is -0.292. The highest BCUT2D eigenvalue weighted by molar-refractivity contribution is 6.80. The van der Waals surface area contributed by atoms with Crippen molar-refractivity contribution in [1.82, 2.24) is 0 Å². The molecule has 25 heavy (non-hydrogen) atoms. The highest BCUT2D eigenvalue weighted by Crippen LogP contribution is 2.12. The molecule has 0 heterocycles. The van der Waals surface area contributed by atoms with E-state index in [0.29, 0.717) is 12.4 Å². The number of hydrogen-bond donors (Lipinski definition) is 1. The minimum atomic E-state index is -1.36. The van der Waals surface area contributed by atoms with Crippen LogP contribution in [0, 0.1) is 0 Å². The van der Waals surface area contributed by atoms with Crippen molar-refractivity contribution in [1.29, 1.82) is 0 Å². The topological polar surface area (TPSA) is 65.0 Å². The summed E-state index contributed by atoms with van der Waals surface area (Å²) in [7, 11) is -4.05. The number of rotatable bonds is 8. The van der Waals surface area contributed by atoms with E-state index in [9.17, 15) is 4.79 Å². The van der Waals surface area contributed by atoms with Crippen molar-refractivity contribution in [2.75, 3.05) is 6.61 Å². The minimum absolute atomic E-state index is 0.256. The Morgan fingerprint density at radius 3 is 1.84 bits per heavy atom. The fourth-order valence-corrected chi connectivity index (χ4v) is 10.5. The summed E-state index contributed by atoms with van der Waals surface area (Å²) >= 11 is 0. The van der Waals surface area contributed by atoms with Crippen molar-refractivity contribution in [3.05, 3.63) is 42.5 Å². The van der Waals surface area contributed by atoms with Crippen LogP contribution in [0.2, 0.25) is 45.8 Å². The standard InChI is InChI=1S/C10H10O3.C7H22O2Si3/c1-2-7-13-9-5-3-8(4-6-9)10(11)12;1-10(8-11(2,3)4)9-12(5,6)7/h2-6H,1,7H2,(H,11,12);10H,1-7H3. The quantitative estimate of drug-likeness (QED) is 0.514. The van der Waals surface area contributed by atoms with Crippen molar-refractivity contribution in [3.8, 4) is 5.75 Å². The first kappa shape index (κ1) is 23.8. The van der Waals surface area contributed by atoms with E-state index in [4.69, 9.17) is 18.1 Å². The predicted octanol–water partition coefficient (Wildman–Crippen LogP) is 4.49. The van der Waals surface area contributed by atoms with Gasteiger partial charge >= 0.3 is 5.97 Å². The zero-order valence-electron chi connectivity index (χ0n) is 16.5. The van der Waals surface area contributed by atoms with Crippen molar-refractivity contribution < 1.29 is 22.9 Å². The molecule has 0 spiro atoms. The highest BCUT2D eigenvalue weighted by atomic mass is 28.4. The van der Waals surface area contributed by atoms with E-state index in [-0.39, 0.29) is 5.56 Å². The summed E-state index contributed by atoms with van der Waals surface area (Å²) < 4.78 is 17.0. The smallest absolute Gasteiger partial charge is 0.335 e. The average molecular weight is 401 g/mol. The summed E-state index contributed by atoms with van der Waals surface area (Å²) in [5, 5.41) is 8.59. The second kappa shape index (κ2) is 10.7. The van der Waals surface area contributed by atoms with Crippen LogP contribution in [0.15, 0.2) is 36.9 Å². The minimum Gasteiger partial charge on any atom is -0.490 e. The molecule has 0 amide bonds. The molecular weight excluding hydrogens is 368 g/mol. The number of carbonyl (C=O) groups is 1. The molecule has 0 unspecified atom stereocenters. The van der Waals surface area contributed by atoms with Gasteiger partial charge in [0.15, 0.2) is 16.6 Å². The summed E-state index contributed by atoms with van der Waals surface area (Å²) in [4.78, 5) is 10.5. The molecule has 1 aromatic rings. The van der Waals surface area contributed by atoms with Crippen LogP contribution >= 0.6 is 0 Å². The summed E-state index contributed by atoms with van der Waals surface area (Å²) in [5.41, 5.74) is 0.256. The van der Waals surface area contributed by atoms with Crippen molar-refractivity contribution in [2.45, 2.75) is 45.8 Å². The first-order valence-electron chi connectivity index (χ1n) is 8.27. The van der Waals surface area contributed by atoms with Crippen LogP contribution in [0.4, 0.5) is 0 Å². The molecule has 142 valence electrons. The molecule has 0 aromatic heterocycles. The van der Waals surface area contributed by atoms with Gasteiger partial charge in [-0.05, 0) is 70.1 Å². The Bertz CT molecular complexity index is 517. The molecule has 0 atom stereocenters. The summed E-state index contributed by atoms with van der Waals surface area (Å²) in [6, 6.07) is 6.24. The lowest BCUT2D eigenvalue weighted by Crippen LogP contribution is -2.41. The lowest BCUT2D eigenvalue weighted by Gasteiger charge is -2.28. The molecule has 1 aromatic carbocycles. The fraction of sp³-hybridized carbons (Fsp3) is 0.471. The Labute approximate surface area is 155 Å². The van der Waals surface area contributed by atoms with Crippen LogP contribution in [0.1, 0.15) is 10.4 Å². The van der Waals surface area contributed by atoms with Gasteiger partial charge in [0, 0.05) is 0 Å². The van der Waals surface area contributed by atoms with Crippen LogP contribution in [0.3, 0.4) is 0 Å². The maximum Gasteiger partial charge on any atom is 0.335 e. The molecule has 0 aliphatic carbocycles. The van der Waals surface area contributed by atoms with E-state index in [1.54, 1.807) is 18.2 Å². The molecule has 0 fully saturated rings. The third kappa shape index (κ3) is 13.7. The SMILES string of the molecule is C=CCOc1ccc(C(=O)O)cc1.C[SiH](O[Si](C)(C)C)O[Si](C)(C)C. The predicted molar refractivity (Wildman–Crippen MR) is 111 cm³/mol. The van der Waals surface area contributed by atoms with Gasteiger partial charge in [-0.3, -0.25) is 0 Å². The zero-order chi connectivity index (χ0) is 19.7. The molecule has 0 aliphatic heterocycles. The molecule has 0 aliphatic rings. The number of benzene rings is 1. The fourth-order valence-electron chi connectivity index (χ4n) is 1.87. The Morgan fingerprint density at radius 1 is 1.08 bits per heavy atom. The largest absolute Gasteiger partial charge is 0.490 e. The molecule has 0 bridgehead atoms. The van der Waals surface area contributed by atoms with Crippen molar-refractivity contribution in [3.63, 3.8) is 0 Å². The van der Waals surface area contributed by atoms with E-state index in [1.165, 1.54) is 12.1 Å². The molecule has 8 heteroatoms. The molecule has 1 N–H and O–H groups in total. The zero-order valence-corrected chi connectivity index (χ0v) is 19.6. The Kier molecular flexibility index (Phi) is 10.2.